The number of aryl methyl sites for hydroxylation is 1. The van der Waals surface area contributed by atoms with Crippen LogP contribution in [-0.4, -0.2) is 22.5 Å². The van der Waals surface area contributed by atoms with E-state index in [0.717, 1.165) is 11.1 Å². The fourth-order valence-electron chi connectivity index (χ4n) is 1.65. The first-order valence-corrected chi connectivity index (χ1v) is 7.25. The van der Waals surface area contributed by atoms with E-state index in [1.807, 2.05) is 37.3 Å². The summed E-state index contributed by atoms with van der Waals surface area (Å²) in [5, 5.41) is 0.122. The molecule has 4 nitrogen and oxygen atoms in total. The summed E-state index contributed by atoms with van der Waals surface area (Å²) in [6.07, 6.45) is 3.48. The van der Waals surface area contributed by atoms with Gasteiger partial charge >= 0.3 is 5.97 Å². The maximum absolute atomic E-state index is 12.1. The molecular weight excluding hydrogens is 272 g/mol. The van der Waals surface area contributed by atoms with Gasteiger partial charge in [-0.05, 0) is 25.0 Å². The molecule has 0 radical (unpaired) electrons. The van der Waals surface area contributed by atoms with E-state index in [4.69, 9.17) is 4.74 Å². The SMILES string of the molecule is CCOC(=O)[C@@H](Sc1ncc(C)cn1)c1ccccc1. The molecule has 1 heterocycles. The van der Waals surface area contributed by atoms with Gasteiger partial charge < -0.3 is 4.74 Å². The summed E-state index contributed by atoms with van der Waals surface area (Å²) >= 11 is 1.30. The normalized spacial score (nSPS) is 11.9. The fraction of sp³-hybridized carbons (Fsp3) is 0.267. The van der Waals surface area contributed by atoms with E-state index in [-0.39, 0.29) is 5.97 Å². The molecule has 2 rings (SSSR count). The third-order valence-electron chi connectivity index (χ3n) is 2.58. The van der Waals surface area contributed by atoms with Crippen LogP contribution in [0.1, 0.15) is 23.3 Å². The topological polar surface area (TPSA) is 52.1 Å². The number of ether oxygens (including phenoxy) is 1. The number of nitrogens with zero attached hydrogens (tertiary/aromatic N) is 2. The molecule has 1 aromatic heterocycles. The molecule has 2 aromatic rings. The Morgan fingerprint density at radius 3 is 2.50 bits per heavy atom. The number of carbonyl (C=O) groups excluding carboxylic acids is 1. The Kier molecular flexibility index (Phi) is 5.12. The summed E-state index contributed by atoms with van der Waals surface area (Å²) in [5.41, 5.74) is 1.88. The van der Waals surface area contributed by atoms with Gasteiger partial charge in [0.15, 0.2) is 5.16 Å². The molecule has 5 heteroatoms. The van der Waals surface area contributed by atoms with Gasteiger partial charge in [-0.25, -0.2) is 9.97 Å². The van der Waals surface area contributed by atoms with Crippen molar-refractivity contribution in [3.8, 4) is 0 Å². The minimum absolute atomic E-state index is 0.270. The van der Waals surface area contributed by atoms with Crippen molar-refractivity contribution in [1.82, 2.24) is 9.97 Å². The first-order chi connectivity index (χ1) is 9.70. The van der Waals surface area contributed by atoms with Crippen molar-refractivity contribution >= 4 is 17.7 Å². The molecule has 1 atom stereocenters. The van der Waals surface area contributed by atoms with Gasteiger partial charge in [0.1, 0.15) is 5.25 Å². The van der Waals surface area contributed by atoms with E-state index in [0.29, 0.717) is 11.8 Å². The summed E-state index contributed by atoms with van der Waals surface area (Å²) in [7, 11) is 0. The smallest absolute Gasteiger partial charge is 0.324 e. The molecule has 1 aromatic carbocycles. The first-order valence-electron chi connectivity index (χ1n) is 6.37. The molecule has 0 fully saturated rings. The quantitative estimate of drug-likeness (QED) is 0.480. The molecule has 0 bridgehead atoms. The zero-order valence-corrected chi connectivity index (χ0v) is 12.3. The highest BCUT2D eigenvalue weighted by atomic mass is 32.2. The van der Waals surface area contributed by atoms with Crippen LogP contribution in [0.3, 0.4) is 0 Å². The van der Waals surface area contributed by atoms with Crippen molar-refractivity contribution in [3.63, 3.8) is 0 Å². The van der Waals surface area contributed by atoms with Crippen LogP contribution >= 0.6 is 11.8 Å². The molecular formula is C15H16N2O2S. The Bertz CT molecular complexity index is 558. The van der Waals surface area contributed by atoms with E-state index in [9.17, 15) is 4.79 Å². The number of benzene rings is 1. The number of thioether (sulfide) groups is 1. The van der Waals surface area contributed by atoms with Crippen molar-refractivity contribution in [1.29, 1.82) is 0 Å². The van der Waals surface area contributed by atoms with Crippen LogP contribution in [0.4, 0.5) is 0 Å². The number of rotatable bonds is 5. The second kappa shape index (κ2) is 7.05. The van der Waals surface area contributed by atoms with Crippen LogP contribution in [0, 0.1) is 6.92 Å². The summed E-state index contributed by atoms with van der Waals surface area (Å²) < 4.78 is 5.14. The van der Waals surface area contributed by atoms with Gasteiger partial charge in [-0.3, -0.25) is 4.79 Å². The van der Waals surface area contributed by atoms with Crippen LogP contribution in [0.25, 0.3) is 0 Å². The Labute approximate surface area is 122 Å². The number of aromatic nitrogens is 2. The predicted octanol–water partition coefficient (Wildman–Crippen LogP) is 3.18. The molecule has 0 N–H and O–H groups in total. The maximum atomic E-state index is 12.1. The van der Waals surface area contributed by atoms with Crippen molar-refractivity contribution in [3.05, 3.63) is 53.9 Å². The van der Waals surface area contributed by atoms with E-state index in [1.165, 1.54) is 11.8 Å². The Morgan fingerprint density at radius 1 is 1.25 bits per heavy atom. The van der Waals surface area contributed by atoms with Gasteiger partial charge in [0.25, 0.3) is 0 Å². The number of esters is 1. The van der Waals surface area contributed by atoms with Gasteiger partial charge in [0.2, 0.25) is 0 Å². The van der Waals surface area contributed by atoms with E-state index in [2.05, 4.69) is 9.97 Å². The lowest BCUT2D eigenvalue weighted by molar-refractivity contribution is -0.142. The van der Waals surface area contributed by atoms with Crippen molar-refractivity contribution in [2.45, 2.75) is 24.3 Å². The number of hydrogen-bond acceptors (Lipinski definition) is 5. The first kappa shape index (κ1) is 14.5. The Hall–Kier alpha value is -1.88. The zero-order chi connectivity index (χ0) is 14.4. The summed E-state index contributed by atoms with van der Waals surface area (Å²) in [5.74, 6) is -0.270. The largest absolute Gasteiger partial charge is 0.465 e. The van der Waals surface area contributed by atoms with Gasteiger partial charge in [-0.2, -0.15) is 0 Å². The second-order valence-corrected chi connectivity index (χ2v) is 5.28. The minimum Gasteiger partial charge on any atom is -0.465 e. The highest BCUT2D eigenvalue weighted by Gasteiger charge is 2.24. The monoisotopic (exact) mass is 288 g/mol. The molecule has 0 amide bonds. The van der Waals surface area contributed by atoms with Crippen molar-refractivity contribution in [2.75, 3.05) is 6.61 Å². The standard InChI is InChI=1S/C15H16N2O2S/c1-3-19-14(18)13(12-7-5-4-6-8-12)20-15-16-9-11(2)10-17-15/h4-10,13H,3H2,1-2H3/t13-/m0/s1. The highest BCUT2D eigenvalue weighted by molar-refractivity contribution is 8.00. The molecule has 104 valence electrons. The minimum atomic E-state index is -0.446. The van der Waals surface area contributed by atoms with E-state index in [1.54, 1.807) is 19.3 Å². The Balaban J connectivity index is 2.23. The van der Waals surface area contributed by atoms with Crippen LogP contribution in [0.2, 0.25) is 0 Å². The zero-order valence-electron chi connectivity index (χ0n) is 11.4. The molecule has 0 saturated carbocycles. The summed E-state index contributed by atoms with van der Waals surface area (Å²) in [6.45, 7) is 4.08. The van der Waals surface area contributed by atoms with Crippen LogP contribution in [0.5, 0.6) is 0 Å². The summed E-state index contributed by atoms with van der Waals surface area (Å²) in [6, 6.07) is 9.53. The third-order valence-corrected chi connectivity index (χ3v) is 3.71. The van der Waals surface area contributed by atoms with Crippen molar-refractivity contribution < 1.29 is 9.53 Å². The van der Waals surface area contributed by atoms with Crippen LogP contribution in [0.15, 0.2) is 47.9 Å². The van der Waals surface area contributed by atoms with Gasteiger partial charge in [-0.1, -0.05) is 42.1 Å². The van der Waals surface area contributed by atoms with Gasteiger partial charge in [0, 0.05) is 12.4 Å². The summed E-state index contributed by atoms with van der Waals surface area (Å²) in [4.78, 5) is 20.6. The van der Waals surface area contributed by atoms with Gasteiger partial charge in [0.05, 0.1) is 6.61 Å². The Morgan fingerprint density at radius 2 is 1.90 bits per heavy atom. The molecule has 0 saturated heterocycles. The van der Waals surface area contributed by atoms with E-state index >= 15 is 0 Å². The maximum Gasteiger partial charge on any atom is 0.324 e. The highest BCUT2D eigenvalue weighted by Crippen LogP contribution is 2.34. The van der Waals surface area contributed by atoms with E-state index < -0.39 is 5.25 Å². The molecule has 0 aliphatic rings. The van der Waals surface area contributed by atoms with Crippen LogP contribution < -0.4 is 0 Å². The van der Waals surface area contributed by atoms with Crippen molar-refractivity contribution in [2.24, 2.45) is 0 Å². The lowest BCUT2D eigenvalue weighted by atomic mass is 10.1. The molecule has 0 aliphatic heterocycles. The molecule has 0 aliphatic carbocycles. The lowest BCUT2D eigenvalue weighted by Crippen LogP contribution is -2.13. The average Bonchev–Trinajstić information content (AvgIpc) is 2.48. The average molecular weight is 288 g/mol. The fourth-order valence-corrected chi connectivity index (χ4v) is 2.54. The molecule has 0 spiro atoms. The lowest BCUT2D eigenvalue weighted by Gasteiger charge is -2.14. The number of hydrogen-bond donors (Lipinski definition) is 0. The second-order valence-electron chi connectivity index (χ2n) is 4.20. The molecule has 20 heavy (non-hydrogen) atoms. The number of carbonyl (C=O) groups is 1. The van der Waals surface area contributed by atoms with Gasteiger partial charge in [-0.15, -0.1) is 0 Å². The third kappa shape index (κ3) is 3.81. The predicted molar refractivity (Wildman–Crippen MR) is 78.4 cm³/mol. The van der Waals surface area contributed by atoms with Crippen LogP contribution in [-0.2, 0) is 9.53 Å². The molecule has 0 unspecified atom stereocenters.